The zero-order valence-electron chi connectivity index (χ0n) is 9.44. The monoisotopic (exact) mass is 279 g/mol. The zero-order valence-corrected chi connectivity index (χ0v) is 11.0. The maximum atomic E-state index is 11.9. The number of hydrogen-bond donors (Lipinski definition) is 1. The summed E-state index contributed by atoms with van der Waals surface area (Å²) in [7, 11) is 0. The van der Waals surface area contributed by atoms with E-state index in [1.165, 1.54) is 17.5 Å². The van der Waals surface area contributed by atoms with Crippen molar-refractivity contribution in [3.63, 3.8) is 0 Å². The van der Waals surface area contributed by atoms with Crippen molar-refractivity contribution in [2.24, 2.45) is 0 Å². The van der Waals surface area contributed by atoms with Crippen molar-refractivity contribution in [2.45, 2.75) is 19.3 Å². The number of carbonyl (C=O) groups excluding carboxylic acids is 1. The molecule has 0 atom stereocenters. The highest BCUT2D eigenvalue weighted by Crippen LogP contribution is 2.25. The maximum Gasteiger partial charge on any atom is 0.286 e. The average Bonchev–Trinajstić information content (AvgIpc) is 2.96. The van der Waals surface area contributed by atoms with Gasteiger partial charge in [0, 0.05) is 5.69 Å². The van der Waals surface area contributed by atoms with E-state index in [4.69, 9.17) is 11.6 Å². The minimum atomic E-state index is -0.266. The smallest absolute Gasteiger partial charge is 0.286 e. The standard InChI is InChI=1S/C12H10ClN3OS/c13-12-16-15-11(18-12)10(17)14-9-5-4-7-2-1-3-8(7)6-9/h4-6H,1-3H2,(H,14,17). The Hall–Kier alpha value is -1.46. The molecule has 0 saturated heterocycles. The van der Waals surface area contributed by atoms with Crippen molar-refractivity contribution < 1.29 is 4.79 Å². The summed E-state index contributed by atoms with van der Waals surface area (Å²) >= 11 is 6.72. The first-order chi connectivity index (χ1) is 8.72. The Balaban J connectivity index is 1.78. The Morgan fingerprint density at radius 3 is 2.89 bits per heavy atom. The minimum Gasteiger partial charge on any atom is -0.320 e. The number of anilines is 1. The third-order valence-corrected chi connectivity index (χ3v) is 3.97. The first-order valence-corrected chi connectivity index (χ1v) is 6.84. The van der Waals surface area contributed by atoms with Gasteiger partial charge in [0.05, 0.1) is 0 Å². The van der Waals surface area contributed by atoms with Gasteiger partial charge in [-0.2, -0.15) is 0 Å². The van der Waals surface area contributed by atoms with Gasteiger partial charge in [0.1, 0.15) is 0 Å². The van der Waals surface area contributed by atoms with Gasteiger partial charge < -0.3 is 5.32 Å². The molecule has 1 aromatic heterocycles. The second kappa shape index (κ2) is 4.66. The summed E-state index contributed by atoms with van der Waals surface area (Å²) in [6, 6.07) is 6.03. The molecule has 0 saturated carbocycles. The van der Waals surface area contributed by atoms with Crippen molar-refractivity contribution >= 4 is 34.5 Å². The Morgan fingerprint density at radius 1 is 1.28 bits per heavy atom. The lowest BCUT2D eigenvalue weighted by Crippen LogP contribution is -2.11. The predicted octanol–water partition coefficient (Wildman–Crippen LogP) is 2.93. The van der Waals surface area contributed by atoms with Crippen LogP contribution in [0.1, 0.15) is 27.3 Å². The van der Waals surface area contributed by atoms with Crippen LogP contribution >= 0.6 is 22.9 Å². The molecule has 18 heavy (non-hydrogen) atoms. The third-order valence-electron chi connectivity index (χ3n) is 2.95. The number of nitrogens with one attached hydrogen (secondary N) is 1. The van der Waals surface area contributed by atoms with Crippen molar-refractivity contribution in [3.05, 3.63) is 38.8 Å². The highest BCUT2D eigenvalue weighted by Gasteiger charge is 2.14. The van der Waals surface area contributed by atoms with Gasteiger partial charge in [-0.05, 0) is 54.1 Å². The summed E-state index contributed by atoms with van der Waals surface area (Å²) in [6.45, 7) is 0. The normalized spacial score (nSPS) is 13.4. The van der Waals surface area contributed by atoms with Crippen LogP contribution in [0.5, 0.6) is 0 Å². The lowest BCUT2D eigenvalue weighted by atomic mass is 10.1. The van der Waals surface area contributed by atoms with Crippen LogP contribution in [0.3, 0.4) is 0 Å². The molecule has 1 aliphatic rings. The Bertz CT molecular complexity index is 611. The second-order valence-corrected chi connectivity index (χ2v) is 5.71. The maximum absolute atomic E-state index is 11.9. The zero-order chi connectivity index (χ0) is 12.5. The molecule has 0 bridgehead atoms. The van der Waals surface area contributed by atoms with Crippen molar-refractivity contribution in [2.75, 3.05) is 5.32 Å². The predicted molar refractivity (Wildman–Crippen MR) is 71.3 cm³/mol. The number of rotatable bonds is 2. The molecule has 1 N–H and O–H groups in total. The van der Waals surface area contributed by atoms with Crippen LogP contribution in [0.25, 0.3) is 0 Å². The SMILES string of the molecule is O=C(Nc1ccc2c(c1)CCC2)c1nnc(Cl)s1. The van der Waals surface area contributed by atoms with Crippen molar-refractivity contribution in [1.29, 1.82) is 0 Å². The lowest BCUT2D eigenvalue weighted by Gasteiger charge is -2.05. The molecule has 92 valence electrons. The van der Waals surface area contributed by atoms with Gasteiger partial charge in [-0.15, -0.1) is 10.2 Å². The quantitative estimate of drug-likeness (QED) is 0.919. The highest BCUT2D eigenvalue weighted by molar-refractivity contribution is 7.17. The number of carbonyl (C=O) groups is 1. The molecule has 1 aromatic carbocycles. The van der Waals surface area contributed by atoms with Crippen LogP contribution in [0, 0.1) is 0 Å². The molecule has 0 spiro atoms. The van der Waals surface area contributed by atoms with Gasteiger partial charge in [0.25, 0.3) is 5.91 Å². The largest absolute Gasteiger partial charge is 0.320 e. The van der Waals surface area contributed by atoms with E-state index in [0.29, 0.717) is 0 Å². The molecular weight excluding hydrogens is 270 g/mol. The molecule has 3 rings (SSSR count). The topological polar surface area (TPSA) is 54.9 Å². The Labute approximate surface area is 113 Å². The summed E-state index contributed by atoms with van der Waals surface area (Å²) < 4.78 is 0.272. The summed E-state index contributed by atoms with van der Waals surface area (Å²) in [5, 5.41) is 10.4. The fourth-order valence-corrected chi connectivity index (χ4v) is 2.85. The number of halogens is 1. The van der Waals surface area contributed by atoms with Crippen LogP contribution in [-0.2, 0) is 12.8 Å². The number of fused-ring (bicyclic) bond motifs is 1. The van der Waals surface area contributed by atoms with Crippen LogP contribution in [0.2, 0.25) is 4.47 Å². The number of amides is 1. The van der Waals surface area contributed by atoms with E-state index in [1.807, 2.05) is 12.1 Å². The fourth-order valence-electron chi connectivity index (χ4n) is 2.13. The Morgan fingerprint density at radius 2 is 2.11 bits per heavy atom. The first-order valence-electron chi connectivity index (χ1n) is 5.64. The lowest BCUT2D eigenvalue weighted by molar-refractivity contribution is 0.102. The van der Waals surface area contributed by atoms with Gasteiger partial charge in [-0.3, -0.25) is 4.79 Å². The van der Waals surface area contributed by atoms with E-state index < -0.39 is 0 Å². The molecule has 1 heterocycles. The number of aryl methyl sites for hydroxylation is 2. The summed E-state index contributed by atoms with van der Waals surface area (Å²) in [6.07, 6.45) is 3.41. The molecular formula is C12H10ClN3OS. The van der Waals surface area contributed by atoms with E-state index >= 15 is 0 Å². The molecule has 4 nitrogen and oxygen atoms in total. The summed E-state index contributed by atoms with van der Waals surface area (Å²) in [4.78, 5) is 11.9. The van der Waals surface area contributed by atoms with Crippen LogP contribution in [-0.4, -0.2) is 16.1 Å². The first kappa shape index (κ1) is 11.6. The summed E-state index contributed by atoms with van der Waals surface area (Å²) in [5.41, 5.74) is 3.50. The number of aromatic nitrogens is 2. The average molecular weight is 280 g/mol. The highest BCUT2D eigenvalue weighted by atomic mass is 35.5. The molecule has 1 aliphatic carbocycles. The molecule has 1 amide bonds. The molecule has 0 aliphatic heterocycles. The molecule has 0 unspecified atom stereocenters. The van der Waals surface area contributed by atoms with E-state index in [-0.39, 0.29) is 15.4 Å². The van der Waals surface area contributed by atoms with Crippen molar-refractivity contribution in [3.8, 4) is 0 Å². The fraction of sp³-hybridized carbons (Fsp3) is 0.250. The minimum absolute atomic E-state index is 0.266. The van der Waals surface area contributed by atoms with E-state index in [2.05, 4.69) is 21.6 Å². The molecule has 2 aromatic rings. The number of hydrogen-bond acceptors (Lipinski definition) is 4. The van der Waals surface area contributed by atoms with Crippen LogP contribution in [0.4, 0.5) is 5.69 Å². The van der Waals surface area contributed by atoms with E-state index in [9.17, 15) is 4.79 Å². The molecule has 6 heteroatoms. The van der Waals surface area contributed by atoms with Crippen LogP contribution < -0.4 is 5.32 Å². The van der Waals surface area contributed by atoms with Crippen LogP contribution in [0.15, 0.2) is 18.2 Å². The second-order valence-electron chi connectivity index (χ2n) is 4.15. The van der Waals surface area contributed by atoms with E-state index in [0.717, 1.165) is 29.9 Å². The van der Waals surface area contributed by atoms with Gasteiger partial charge in [-0.1, -0.05) is 17.4 Å². The van der Waals surface area contributed by atoms with Gasteiger partial charge >= 0.3 is 0 Å². The Kier molecular flexibility index (Phi) is 3.01. The summed E-state index contributed by atoms with van der Waals surface area (Å²) in [5.74, 6) is -0.266. The number of nitrogens with zero attached hydrogens (tertiary/aromatic N) is 2. The third kappa shape index (κ3) is 2.23. The van der Waals surface area contributed by atoms with Crippen molar-refractivity contribution in [1.82, 2.24) is 10.2 Å². The van der Waals surface area contributed by atoms with Gasteiger partial charge in [0.2, 0.25) is 9.47 Å². The molecule has 0 fully saturated rings. The van der Waals surface area contributed by atoms with E-state index in [1.54, 1.807) is 0 Å². The molecule has 0 radical (unpaired) electrons. The number of benzene rings is 1. The van der Waals surface area contributed by atoms with Gasteiger partial charge in [-0.25, -0.2) is 0 Å². The van der Waals surface area contributed by atoms with Gasteiger partial charge in [0.15, 0.2) is 0 Å².